The van der Waals surface area contributed by atoms with Gasteiger partial charge in [0.05, 0.1) is 16.0 Å². The summed E-state index contributed by atoms with van der Waals surface area (Å²) in [5.41, 5.74) is 0.684. The van der Waals surface area contributed by atoms with E-state index < -0.39 is 0 Å². The average Bonchev–Trinajstić information content (AvgIpc) is 2.70. The van der Waals surface area contributed by atoms with E-state index in [4.69, 9.17) is 23.2 Å². The standard InChI is InChI=1S/C12H14Cl2N2O/c1-7-9(4-5-15-7)12(17)16-8-2-3-10(13)11(14)6-8/h2-3,6-7,9,15H,4-5H2,1H3,(H,16,17)/t7-,9-/m0/s1. The van der Waals surface area contributed by atoms with Gasteiger partial charge in [-0.2, -0.15) is 0 Å². The first-order chi connectivity index (χ1) is 8.08. The van der Waals surface area contributed by atoms with Crippen LogP contribution in [-0.2, 0) is 4.79 Å². The summed E-state index contributed by atoms with van der Waals surface area (Å²) in [5.74, 6) is 0.0466. The van der Waals surface area contributed by atoms with E-state index in [-0.39, 0.29) is 17.9 Å². The van der Waals surface area contributed by atoms with Gasteiger partial charge in [-0.3, -0.25) is 4.79 Å². The van der Waals surface area contributed by atoms with Gasteiger partial charge in [0.2, 0.25) is 5.91 Å². The maximum absolute atomic E-state index is 12.0. The molecular weight excluding hydrogens is 259 g/mol. The normalized spacial score (nSPS) is 23.7. The van der Waals surface area contributed by atoms with Crippen LogP contribution < -0.4 is 10.6 Å². The fourth-order valence-electron chi connectivity index (χ4n) is 2.03. The van der Waals surface area contributed by atoms with Crippen LogP contribution in [0.15, 0.2) is 18.2 Å². The number of benzene rings is 1. The first kappa shape index (κ1) is 12.7. The van der Waals surface area contributed by atoms with Crippen LogP contribution in [0.5, 0.6) is 0 Å². The van der Waals surface area contributed by atoms with E-state index in [2.05, 4.69) is 10.6 Å². The average molecular weight is 273 g/mol. The summed E-state index contributed by atoms with van der Waals surface area (Å²) < 4.78 is 0. The summed E-state index contributed by atoms with van der Waals surface area (Å²) in [4.78, 5) is 12.0. The molecular formula is C12H14Cl2N2O. The lowest BCUT2D eigenvalue weighted by Gasteiger charge is -2.15. The Kier molecular flexibility index (Phi) is 3.92. The van der Waals surface area contributed by atoms with Crippen molar-refractivity contribution in [2.75, 3.05) is 11.9 Å². The molecule has 0 radical (unpaired) electrons. The fourth-order valence-corrected chi connectivity index (χ4v) is 2.32. The Morgan fingerprint density at radius 2 is 2.18 bits per heavy atom. The highest BCUT2D eigenvalue weighted by Gasteiger charge is 2.29. The highest BCUT2D eigenvalue weighted by atomic mass is 35.5. The van der Waals surface area contributed by atoms with Crippen molar-refractivity contribution >= 4 is 34.8 Å². The molecule has 92 valence electrons. The van der Waals surface area contributed by atoms with Crippen molar-refractivity contribution in [2.45, 2.75) is 19.4 Å². The van der Waals surface area contributed by atoms with Crippen LogP contribution >= 0.6 is 23.2 Å². The van der Waals surface area contributed by atoms with E-state index in [1.165, 1.54) is 0 Å². The van der Waals surface area contributed by atoms with Crippen LogP contribution in [0, 0.1) is 5.92 Å². The van der Waals surface area contributed by atoms with E-state index in [1.807, 2.05) is 6.92 Å². The molecule has 1 fully saturated rings. The van der Waals surface area contributed by atoms with E-state index in [0.29, 0.717) is 15.7 Å². The van der Waals surface area contributed by atoms with Crippen molar-refractivity contribution in [3.05, 3.63) is 28.2 Å². The number of carbonyl (C=O) groups excluding carboxylic acids is 1. The molecule has 0 saturated carbocycles. The van der Waals surface area contributed by atoms with Gasteiger partial charge in [0.1, 0.15) is 0 Å². The van der Waals surface area contributed by atoms with Crippen LogP contribution in [0.2, 0.25) is 10.0 Å². The number of nitrogens with one attached hydrogen (secondary N) is 2. The van der Waals surface area contributed by atoms with Crippen molar-refractivity contribution in [2.24, 2.45) is 5.92 Å². The minimum absolute atomic E-state index is 0.0180. The molecule has 2 atom stereocenters. The van der Waals surface area contributed by atoms with E-state index in [0.717, 1.165) is 13.0 Å². The van der Waals surface area contributed by atoms with Gasteiger partial charge < -0.3 is 10.6 Å². The quantitative estimate of drug-likeness (QED) is 0.869. The van der Waals surface area contributed by atoms with Gasteiger partial charge >= 0.3 is 0 Å². The SMILES string of the molecule is C[C@@H]1NCC[C@@H]1C(=O)Nc1ccc(Cl)c(Cl)c1. The van der Waals surface area contributed by atoms with Gasteiger partial charge in [0.15, 0.2) is 0 Å². The van der Waals surface area contributed by atoms with Crippen LogP contribution in [0.1, 0.15) is 13.3 Å². The molecule has 0 aliphatic carbocycles. The van der Waals surface area contributed by atoms with Crippen molar-refractivity contribution in [3.63, 3.8) is 0 Å². The lowest BCUT2D eigenvalue weighted by atomic mass is 10.0. The number of hydrogen-bond donors (Lipinski definition) is 2. The van der Waals surface area contributed by atoms with Gasteiger partial charge in [0, 0.05) is 11.7 Å². The zero-order chi connectivity index (χ0) is 12.4. The van der Waals surface area contributed by atoms with Crippen LogP contribution in [0.25, 0.3) is 0 Å². The van der Waals surface area contributed by atoms with Crippen molar-refractivity contribution < 1.29 is 4.79 Å². The first-order valence-corrected chi connectivity index (χ1v) is 6.33. The van der Waals surface area contributed by atoms with Crippen molar-refractivity contribution in [1.82, 2.24) is 5.32 Å². The Hall–Kier alpha value is -0.770. The first-order valence-electron chi connectivity index (χ1n) is 5.57. The minimum atomic E-state index is 0.0180. The zero-order valence-corrected chi connectivity index (χ0v) is 11.0. The number of hydrogen-bond acceptors (Lipinski definition) is 2. The molecule has 5 heteroatoms. The minimum Gasteiger partial charge on any atom is -0.326 e. The van der Waals surface area contributed by atoms with Crippen LogP contribution in [0.4, 0.5) is 5.69 Å². The second kappa shape index (κ2) is 5.25. The smallest absolute Gasteiger partial charge is 0.229 e. The number of halogens is 2. The molecule has 1 amide bonds. The molecule has 1 heterocycles. The molecule has 1 saturated heterocycles. The topological polar surface area (TPSA) is 41.1 Å². The third kappa shape index (κ3) is 2.92. The molecule has 1 aromatic rings. The molecule has 1 aliphatic heterocycles. The Morgan fingerprint density at radius 3 is 2.76 bits per heavy atom. The molecule has 3 nitrogen and oxygen atoms in total. The van der Waals surface area contributed by atoms with Gasteiger partial charge in [-0.05, 0) is 38.1 Å². The Balaban J connectivity index is 2.05. The van der Waals surface area contributed by atoms with E-state index in [9.17, 15) is 4.79 Å². The summed E-state index contributed by atoms with van der Waals surface area (Å²) in [5, 5.41) is 7.04. The molecule has 0 unspecified atom stereocenters. The van der Waals surface area contributed by atoms with Crippen molar-refractivity contribution in [1.29, 1.82) is 0 Å². The van der Waals surface area contributed by atoms with Crippen LogP contribution in [-0.4, -0.2) is 18.5 Å². The second-order valence-electron chi connectivity index (χ2n) is 4.26. The molecule has 1 aliphatic rings. The molecule has 0 spiro atoms. The van der Waals surface area contributed by atoms with Gasteiger partial charge in [-0.1, -0.05) is 23.2 Å². The lowest BCUT2D eigenvalue weighted by molar-refractivity contribution is -0.119. The van der Waals surface area contributed by atoms with Gasteiger partial charge in [-0.25, -0.2) is 0 Å². The van der Waals surface area contributed by atoms with Crippen molar-refractivity contribution in [3.8, 4) is 0 Å². The fraction of sp³-hybridized carbons (Fsp3) is 0.417. The molecule has 1 aromatic carbocycles. The number of amides is 1. The largest absolute Gasteiger partial charge is 0.326 e. The number of anilines is 1. The summed E-state index contributed by atoms with van der Waals surface area (Å²) in [6, 6.07) is 5.31. The van der Waals surface area contributed by atoms with Crippen LogP contribution in [0.3, 0.4) is 0 Å². The third-order valence-corrected chi connectivity index (χ3v) is 3.79. The number of carbonyl (C=O) groups is 1. The molecule has 2 rings (SSSR count). The highest BCUT2D eigenvalue weighted by molar-refractivity contribution is 6.42. The zero-order valence-electron chi connectivity index (χ0n) is 9.47. The molecule has 0 bridgehead atoms. The van der Waals surface area contributed by atoms with Gasteiger partial charge in [-0.15, -0.1) is 0 Å². The Bertz CT molecular complexity index is 437. The van der Waals surface area contributed by atoms with E-state index in [1.54, 1.807) is 18.2 Å². The molecule has 2 N–H and O–H groups in total. The summed E-state index contributed by atoms with van der Waals surface area (Å²) >= 11 is 11.7. The summed E-state index contributed by atoms with van der Waals surface area (Å²) in [6.45, 7) is 2.91. The third-order valence-electron chi connectivity index (χ3n) is 3.05. The lowest BCUT2D eigenvalue weighted by Crippen LogP contribution is -2.32. The second-order valence-corrected chi connectivity index (χ2v) is 5.07. The van der Waals surface area contributed by atoms with E-state index >= 15 is 0 Å². The summed E-state index contributed by atoms with van der Waals surface area (Å²) in [6.07, 6.45) is 0.869. The molecule has 17 heavy (non-hydrogen) atoms. The summed E-state index contributed by atoms with van der Waals surface area (Å²) in [7, 11) is 0. The Morgan fingerprint density at radius 1 is 1.41 bits per heavy atom. The highest BCUT2D eigenvalue weighted by Crippen LogP contribution is 2.26. The predicted molar refractivity (Wildman–Crippen MR) is 70.7 cm³/mol. The predicted octanol–water partition coefficient (Wildman–Crippen LogP) is 2.93. The molecule has 0 aromatic heterocycles. The number of rotatable bonds is 2. The monoisotopic (exact) mass is 272 g/mol. The Labute approximate surface area is 110 Å². The van der Waals surface area contributed by atoms with Gasteiger partial charge in [0.25, 0.3) is 0 Å². The maximum Gasteiger partial charge on any atom is 0.229 e. The maximum atomic E-state index is 12.0.